The highest BCUT2D eigenvalue weighted by Crippen LogP contribution is 2.31. The van der Waals surface area contributed by atoms with Crippen molar-refractivity contribution in [1.82, 2.24) is 14.2 Å². The summed E-state index contributed by atoms with van der Waals surface area (Å²) in [6.45, 7) is 2.14. The van der Waals surface area contributed by atoms with E-state index in [0.717, 1.165) is 19.4 Å². The number of aromatic nitrogens is 1. The second kappa shape index (κ2) is 12.6. The molecule has 1 aliphatic rings. The Morgan fingerprint density at radius 3 is 2.51 bits per heavy atom. The third-order valence-electron chi connectivity index (χ3n) is 6.10. The lowest BCUT2D eigenvalue weighted by molar-refractivity contribution is 0.0978. The number of anilines is 1. The van der Waals surface area contributed by atoms with Gasteiger partial charge in [-0.2, -0.15) is 4.31 Å². The van der Waals surface area contributed by atoms with Crippen molar-refractivity contribution in [1.29, 1.82) is 0 Å². The number of halogens is 2. The number of benzene rings is 2. The maximum Gasteiger partial charge on any atom is 0.260 e. The Morgan fingerprint density at radius 1 is 1.14 bits per heavy atom. The SMILES string of the molecule is CN(C)CCCN(C(=O)c1ccc(S(=O)(=O)N(C)CC2CCCO2)cc1)c1nc2ccc(F)cc2s1.Cl. The van der Waals surface area contributed by atoms with Gasteiger partial charge in [0, 0.05) is 32.3 Å². The van der Waals surface area contributed by atoms with Crippen LogP contribution in [0.5, 0.6) is 0 Å². The highest BCUT2D eigenvalue weighted by Gasteiger charge is 2.27. The number of nitrogens with zero attached hydrogens (tertiary/aromatic N) is 4. The van der Waals surface area contributed by atoms with Crippen molar-refractivity contribution in [2.75, 3.05) is 52.3 Å². The fourth-order valence-electron chi connectivity index (χ4n) is 4.11. The Balaban J connectivity index is 0.00000380. The number of carbonyl (C=O) groups excluding carboxylic acids is 1. The summed E-state index contributed by atoms with van der Waals surface area (Å²) < 4.78 is 47.3. The fourth-order valence-corrected chi connectivity index (χ4v) is 6.33. The predicted molar refractivity (Wildman–Crippen MR) is 147 cm³/mol. The molecule has 12 heteroatoms. The molecule has 1 unspecified atom stereocenters. The Morgan fingerprint density at radius 2 is 1.86 bits per heavy atom. The number of sulfonamides is 1. The van der Waals surface area contributed by atoms with E-state index in [1.54, 1.807) is 18.0 Å². The van der Waals surface area contributed by atoms with Crippen LogP contribution in [0.2, 0.25) is 0 Å². The first kappa shape index (κ1) is 29.4. The number of likely N-dealkylation sites (N-methyl/N-ethyl adjacent to an activating group) is 1. The smallest absolute Gasteiger partial charge is 0.260 e. The second-order valence-electron chi connectivity index (χ2n) is 9.17. The van der Waals surface area contributed by atoms with Gasteiger partial charge in [0.1, 0.15) is 5.82 Å². The van der Waals surface area contributed by atoms with Gasteiger partial charge in [0.05, 0.1) is 21.2 Å². The van der Waals surface area contributed by atoms with E-state index < -0.39 is 10.0 Å². The van der Waals surface area contributed by atoms with Gasteiger partial charge in [-0.25, -0.2) is 17.8 Å². The number of fused-ring (bicyclic) bond motifs is 1. The van der Waals surface area contributed by atoms with Crippen molar-refractivity contribution in [2.45, 2.75) is 30.3 Å². The van der Waals surface area contributed by atoms with Crippen LogP contribution in [0.1, 0.15) is 29.6 Å². The van der Waals surface area contributed by atoms with Gasteiger partial charge >= 0.3 is 0 Å². The van der Waals surface area contributed by atoms with Crippen LogP contribution in [-0.4, -0.2) is 82.0 Å². The van der Waals surface area contributed by atoms with Crippen LogP contribution in [0.15, 0.2) is 47.4 Å². The van der Waals surface area contributed by atoms with Gasteiger partial charge in [-0.15, -0.1) is 12.4 Å². The molecule has 1 aromatic heterocycles. The number of ether oxygens (including phenoxy) is 1. The monoisotopic (exact) mass is 570 g/mol. The van der Waals surface area contributed by atoms with Crippen molar-refractivity contribution < 1.29 is 22.3 Å². The molecular formula is C25H32ClFN4O4S2. The summed E-state index contributed by atoms with van der Waals surface area (Å²) in [6.07, 6.45) is 2.40. The lowest BCUT2D eigenvalue weighted by Crippen LogP contribution is -2.34. The molecule has 0 spiro atoms. The van der Waals surface area contributed by atoms with E-state index in [2.05, 4.69) is 4.98 Å². The average Bonchev–Trinajstić information content (AvgIpc) is 3.50. The predicted octanol–water partition coefficient (Wildman–Crippen LogP) is 4.26. The standard InChI is InChI=1S/C25H31FN4O4S2.ClH/c1-28(2)13-5-14-30(25-27-22-12-9-19(26)16-23(22)35-25)24(31)18-7-10-21(11-8-18)36(32,33)29(3)17-20-6-4-15-34-20;/h7-12,16,20H,4-6,13-15,17H2,1-3H3;1H. The second-order valence-corrected chi connectivity index (χ2v) is 12.2. The largest absolute Gasteiger partial charge is 0.377 e. The molecular weight excluding hydrogens is 539 g/mol. The summed E-state index contributed by atoms with van der Waals surface area (Å²) in [6, 6.07) is 10.3. The molecule has 1 aliphatic heterocycles. The zero-order valence-electron chi connectivity index (χ0n) is 21.1. The number of hydrogen-bond donors (Lipinski definition) is 0. The van der Waals surface area contributed by atoms with Crippen molar-refractivity contribution in [3.8, 4) is 0 Å². The molecule has 1 fully saturated rings. The van der Waals surface area contributed by atoms with Crippen LogP contribution in [-0.2, 0) is 14.8 Å². The van der Waals surface area contributed by atoms with Crippen LogP contribution < -0.4 is 4.90 Å². The molecule has 0 radical (unpaired) electrons. The highest BCUT2D eigenvalue weighted by molar-refractivity contribution is 7.89. The van der Waals surface area contributed by atoms with E-state index in [0.29, 0.717) is 47.0 Å². The lowest BCUT2D eigenvalue weighted by Gasteiger charge is -2.22. The number of rotatable bonds is 10. The molecule has 8 nitrogen and oxygen atoms in total. The number of carbonyl (C=O) groups is 1. The molecule has 0 N–H and O–H groups in total. The minimum atomic E-state index is -3.71. The molecule has 3 aromatic rings. The summed E-state index contributed by atoms with van der Waals surface area (Å²) >= 11 is 1.25. The Hall–Kier alpha value is -2.15. The molecule has 4 rings (SSSR count). The van der Waals surface area contributed by atoms with Crippen LogP contribution in [0, 0.1) is 5.82 Å². The van der Waals surface area contributed by atoms with Crippen LogP contribution >= 0.6 is 23.7 Å². The third-order valence-corrected chi connectivity index (χ3v) is 8.98. The van der Waals surface area contributed by atoms with E-state index >= 15 is 0 Å². The minimum Gasteiger partial charge on any atom is -0.377 e. The van der Waals surface area contributed by atoms with E-state index in [9.17, 15) is 17.6 Å². The molecule has 2 aromatic carbocycles. The summed E-state index contributed by atoms with van der Waals surface area (Å²) in [5.41, 5.74) is 0.976. The van der Waals surface area contributed by atoms with Gasteiger partial charge in [0.2, 0.25) is 10.0 Å². The number of amides is 1. The molecule has 1 saturated heterocycles. The average molecular weight is 571 g/mol. The highest BCUT2D eigenvalue weighted by atomic mass is 35.5. The maximum atomic E-state index is 13.7. The normalized spacial score (nSPS) is 15.9. The first-order valence-electron chi connectivity index (χ1n) is 11.9. The summed E-state index contributed by atoms with van der Waals surface area (Å²) in [5, 5.41) is 0.479. The van der Waals surface area contributed by atoms with Gasteiger partial charge in [-0.3, -0.25) is 9.69 Å². The van der Waals surface area contributed by atoms with Crippen LogP contribution in [0.4, 0.5) is 9.52 Å². The van der Waals surface area contributed by atoms with Gasteiger partial charge in [-0.1, -0.05) is 11.3 Å². The molecule has 1 atom stereocenters. The summed E-state index contributed by atoms with van der Waals surface area (Å²) in [7, 11) is 1.75. The first-order valence-corrected chi connectivity index (χ1v) is 14.1. The van der Waals surface area contributed by atoms with Gasteiger partial charge < -0.3 is 9.64 Å². The maximum absolute atomic E-state index is 13.7. The molecule has 202 valence electrons. The van der Waals surface area contributed by atoms with Crippen molar-refractivity contribution in [2.24, 2.45) is 0 Å². The Bertz CT molecular complexity index is 1310. The molecule has 2 heterocycles. The Labute approximate surface area is 227 Å². The summed E-state index contributed by atoms with van der Waals surface area (Å²) in [4.78, 5) is 21.8. The first-order chi connectivity index (χ1) is 17.1. The van der Waals surface area contributed by atoms with Crippen LogP contribution in [0.3, 0.4) is 0 Å². The molecule has 37 heavy (non-hydrogen) atoms. The molecule has 0 aliphatic carbocycles. The topological polar surface area (TPSA) is 83.1 Å². The van der Waals surface area contributed by atoms with Gasteiger partial charge in [-0.05, 0) is 82.4 Å². The zero-order valence-corrected chi connectivity index (χ0v) is 23.5. The van der Waals surface area contributed by atoms with E-state index in [1.807, 2.05) is 19.0 Å². The quantitative estimate of drug-likeness (QED) is 0.362. The zero-order chi connectivity index (χ0) is 25.9. The lowest BCUT2D eigenvalue weighted by atomic mass is 10.2. The third kappa shape index (κ3) is 7.04. The minimum absolute atomic E-state index is 0. The Kier molecular flexibility index (Phi) is 10.0. The number of thiazole rings is 1. The molecule has 1 amide bonds. The number of hydrogen-bond acceptors (Lipinski definition) is 7. The van der Waals surface area contributed by atoms with Crippen LogP contribution in [0.25, 0.3) is 10.2 Å². The molecule has 0 saturated carbocycles. The van der Waals surface area contributed by atoms with Crippen molar-refractivity contribution in [3.63, 3.8) is 0 Å². The fraction of sp³-hybridized carbons (Fsp3) is 0.440. The van der Waals surface area contributed by atoms with Crippen molar-refractivity contribution in [3.05, 3.63) is 53.8 Å². The van der Waals surface area contributed by atoms with E-state index in [1.165, 1.54) is 52.0 Å². The van der Waals surface area contributed by atoms with E-state index in [-0.39, 0.29) is 35.1 Å². The van der Waals surface area contributed by atoms with E-state index in [4.69, 9.17) is 4.74 Å². The van der Waals surface area contributed by atoms with Gasteiger partial charge in [0.15, 0.2) is 5.13 Å². The molecule has 0 bridgehead atoms. The van der Waals surface area contributed by atoms with Crippen molar-refractivity contribution >= 4 is 55.0 Å². The summed E-state index contributed by atoms with van der Waals surface area (Å²) in [5.74, 6) is -0.644. The van der Waals surface area contributed by atoms with Gasteiger partial charge in [0.25, 0.3) is 5.91 Å².